The Morgan fingerprint density at radius 3 is 2.78 bits per heavy atom. The number of alkyl halides is 1. The molecule has 2 bridgehead atoms. The molecule has 3 aromatic rings. The zero-order chi connectivity index (χ0) is 30.3. The third kappa shape index (κ3) is 4.55. The van der Waals surface area contributed by atoms with E-state index in [2.05, 4.69) is 25.9 Å². The van der Waals surface area contributed by atoms with Crippen molar-refractivity contribution < 1.29 is 14.2 Å². The predicted octanol–water partition coefficient (Wildman–Crippen LogP) is 4.55. The first-order chi connectivity index (χ1) is 22.0. The average molecular weight is 609 g/mol. The van der Waals surface area contributed by atoms with Gasteiger partial charge in [0.2, 0.25) is 0 Å². The van der Waals surface area contributed by atoms with Crippen molar-refractivity contribution in [2.45, 2.75) is 87.7 Å². The fourth-order valence-electron chi connectivity index (χ4n) is 9.89. The maximum atomic E-state index is 14.9. The topological polar surface area (TPSA) is 77.0 Å². The molecule has 0 radical (unpaired) electrons. The van der Waals surface area contributed by atoms with Gasteiger partial charge in [-0.05, 0) is 62.0 Å². The largest absolute Gasteiger partial charge is 0.508 e. The number of aromatic nitrogens is 2. The SMILES string of the molecule is C#Cc1cccc2cc(O)cc(N3CCc4c(nc(OC[C@]56C[C@H](F)CN5[C@H]5CCC[C@H]5C6)nc4N4CC5CCC(C4)N5)C3)c12. The van der Waals surface area contributed by atoms with Crippen LogP contribution in [-0.2, 0) is 13.0 Å². The van der Waals surface area contributed by atoms with Crippen molar-refractivity contribution >= 4 is 22.3 Å². The summed E-state index contributed by atoms with van der Waals surface area (Å²) in [5.74, 6) is 4.70. The second-order valence-corrected chi connectivity index (χ2v) is 14.4. The van der Waals surface area contributed by atoms with E-state index in [4.69, 9.17) is 21.1 Å². The zero-order valence-corrected chi connectivity index (χ0v) is 25.7. The first kappa shape index (κ1) is 27.7. The van der Waals surface area contributed by atoms with Crippen molar-refractivity contribution in [3.63, 3.8) is 0 Å². The molecule has 2 unspecified atom stereocenters. The second-order valence-electron chi connectivity index (χ2n) is 14.4. The number of aromatic hydroxyl groups is 1. The summed E-state index contributed by atoms with van der Waals surface area (Å²) in [5.41, 5.74) is 3.60. The number of nitrogens with zero attached hydrogens (tertiary/aromatic N) is 5. The molecule has 6 heterocycles. The molecular weight excluding hydrogens is 567 g/mol. The van der Waals surface area contributed by atoms with E-state index in [9.17, 15) is 9.50 Å². The smallest absolute Gasteiger partial charge is 0.318 e. The summed E-state index contributed by atoms with van der Waals surface area (Å²) >= 11 is 0. The molecule has 9 heteroatoms. The van der Waals surface area contributed by atoms with E-state index in [1.165, 1.54) is 37.7 Å². The van der Waals surface area contributed by atoms with Gasteiger partial charge in [-0.15, -0.1) is 6.42 Å². The molecule has 45 heavy (non-hydrogen) atoms. The Hall–Kier alpha value is -3.61. The van der Waals surface area contributed by atoms with Gasteiger partial charge in [0.25, 0.3) is 0 Å². The van der Waals surface area contributed by atoms with Crippen LogP contribution < -0.4 is 19.9 Å². The van der Waals surface area contributed by atoms with Gasteiger partial charge >= 0.3 is 6.01 Å². The van der Waals surface area contributed by atoms with Crippen LogP contribution in [0.3, 0.4) is 0 Å². The fourth-order valence-corrected chi connectivity index (χ4v) is 9.89. The molecule has 5 fully saturated rings. The van der Waals surface area contributed by atoms with Crippen molar-refractivity contribution in [2.75, 3.05) is 42.6 Å². The minimum atomic E-state index is -0.801. The van der Waals surface area contributed by atoms with Gasteiger partial charge in [0.1, 0.15) is 24.3 Å². The number of ether oxygens (including phenoxy) is 1. The monoisotopic (exact) mass is 608 g/mol. The normalized spacial score (nSPS) is 32.0. The second kappa shape index (κ2) is 10.5. The first-order valence-corrected chi connectivity index (χ1v) is 16.9. The lowest BCUT2D eigenvalue weighted by atomic mass is 9.89. The quantitative estimate of drug-likeness (QED) is 0.409. The van der Waals surface area contributed by atoms with Gasteiger partial charge in [-0.1, -0.05) is 24.5 Å². The molecule has 2 aromatic carbocycles. The average Bonchev–Trinajstić information content (AvgIpc) is 3.78. The van der Waals surface area contributed by atoms with Crippen LogP contribution in [0.4, 0.5) is 15.9 Å². The van der Waals surface area contributed by atoms with Crippen molar-refractivity contribution in [1.82, 2.24) is 20.2 Å². The number of hydrogen-bond donors (Lipinski definition) is 2. The molecule has 8 nitrogen and oxygen atoms in total. The van der Waals surface area contributed by atoms with E-state index in [1.54, 1.807) is 6.07 Å². The third-order valence-electron chi connectivity index (χ3n) is 11.7. The fraction of sp³-hybridized carbons (Fsp3) is 0.556. The minimum Gasteiger partial charge on any atom is -0.508 e. The van der Waals surface area contributed by atoms with Gasteiger partial charge in [0, 0.05) is 79.0 Å². The molecule has 6 aliphatic rings. The number of terminal acetylenes is 1. The molecule has 6 atom stereocenters. The number of fused-ring (bicyclic) bond motifs is 7. The molecule has 0 amide bonds. The number of anilines is 2. The number of phenolic OH excluding ortho intramolecular Hbond substituents is 1. The Morgan fingerprint density at radius 1 is 1.07 bits per heavy atom. The predicted molar refractivity (Wildman–Crippen MR) is 173 cm³/mol. The lowest BCUT2D eigenvalue weighted by molar-refractivity contribution is 0.0829. The number of phenols is 1. The summed E-state index contributed by atoms with van der Waals surface area (Å²) in [6, 6.07) is 11.3. The molecule has 234 valence electrons. The summed E-state index contributed by atoms with van der Waals surface area (Å²) in [4.78, 5) is 17.4. The van der Waals surface area contributed by atoms with E-state index in [-0.39, 0.29) is 11.3 Å². The van der Waals surface area contributed by atoms with Crippen LogP contribution in [-0.4, -0.2) is 82.6 Å². The highest BCUT2D eigenvalue weighted by Crippen LogP contribution is 2.52. The number of piperazine rings is 1. The van der Waals surface area contributed by atoms with E-state index in [0.717, 1.165) is 66.0 Å². The molecule has 4 saturated heterocycles. The molecule has 5 aliphatic heterocycles. The number of benzene rings is 2. The summed E-state index contributed by atoms with van der Waals surface area (Å²) < 4.78 is 21.5. The van der Waals surface area contributed by atoms with Crippen LogP contribution in [0.1, 0.15) is 61.8 Å². The summed E-state index contributed by atoms with van der Waals surface area (Å²) in [6.07, 6.45) is 13.5. The zero-order valence-electron chi connectivity index (χ0n) is 25.7. The lowest BCUT2D eigenvalue weighted by Gasteiger charge is -2.38. The molecule has 1 saturated carbocycles. The van der Waals surface area contributed by atoms with Gasteiger partial charge in [0.15, 0.2) is 0 Å². The highest BCUT2D eigenvalue weighted by Gasteiger charge is 2.58. The van der Waals surface area contributed by atoms with Crippen LogP contribution >= 0.6 is 0 Å². The molecule has 9 rings (SSSR count). The lowest BCUT2D eigenvalue weighted by Crippen LogP contribution is -2.52. The van der Waals surface area contributed by atoms with Crippen LogP contribution in [0, 0.1) is 18.3 Å². The molecule has 1 aliphatic carbocycles. The van der Waals surface area contributed by atoms with Crippen molar-refractivity contribution in [3.8, 4) is 24.1 Å². The van der Waals surface area contributed by atoms with Crippen molar-refractivity contribution in [1.29, 1.82) is 0 Å². The van der Waals surface area contributed by atoms with Gasteiger partial charge in [0.05, 0.1) is 17.8 Å². The van der Waals surface area contributed by atoms with Gasteiger partial charge in [-0.2, -0.15) is 9.97 Å². The van der Waals surface area contributed by atoms with Gasteiger partial charge in [-0.25, -0.2) is 4.39 Å². The third-order valence-corrected chi connectivity index (χ3v) is 11.7. The maximum Gasteiger partial charge on any atom is 0.318 e. The number of nitrogens with one attached hydrogen (secondary N) is 1. The van der Waals surface area contributed by atoms with Crippen LogP contribution in [0.15, 0.2) is 30.3 Å². The van der Waals surface area contributed by atoms with Crippen molar-refractivity contribution in [2.24, 2.45) is 5.92 Å². The minimum absolute atomic E-state index is 0.217. The summed E-state index contributed by atoms with van der Waals surface area (Å²) in [7, 11) is 0. The Balaban J connectivity index is 1.07. The highest BCUT2D eigenvalue weighted by molar-refractivity contribution is 6.00. The Kier molecular flexibility index (Phi) is 6.44. The van der Waals surface area contributed by atoms with Crippen molar-refractivity contribution in [3.05, 3.63) is 47.2 Å². The number of rotatable bonds is 5. The molecule has 0 spiro atoms. The van der Waals surface area contributed by atoms with Crippen LogP contribution in [0.2, 0.25) is 0 Å². The maximum absolute atomic E-state index is 14.9. The van der Waals surface area contributed by atoms with E-state index < -0.39 is 6.17 Å². The first-order valence-electron chi connectivity index (χ1n) is 16.9. The number of hydrogen-bond acceptors (Lipinski definition) is 8. The van der Waals surface area contributed by atoms with E-state index in [1.807, 2.05) is 24.3 Å². The molecule has 2 N–H and O–H groups in total. The van der Waals surface area contributed by atoms with Gasteiger partial charge < -0.3 is 25.0 Å². The Morgan fingerprint density at radius 2 is 1.93 bits per heavy atom. The van der Waals surface area contributed by atoms with E-state index in [0.29, 0.717) is 56.2 Å². The Labute approximate surface area is 264 Å². The highest BCUT2D eigenvalue weighted by atomic mass is 19.1. The molecular formula is C36H41FN6O2. The number of halogens is 1. The standard InChI is InChI=1S/C36H41FN6O2/c1-2-22-5-3-6-23-13-28(44)14-32(33(22)23)41-12-11-29-30(20-41)39-35(40-34(29)42-18-26-9-10-27(19-42)38-26)45-21-36-15-24-7-4-8-31(24)43(36)17-25(37)16-36/h1,3,5-6,13-14,24-27,31,38,44H,4,7-12,15-21H2/t24-,25-,26?,27?,31-,36-/m0/s1. The Bertz CT molecular complexity index is 1700. The summed E-state index contributed by atoms with van der Waals surface area (Å²) in [6.45, 7) is 4.13. The summed E-state index contributed by atoms with van der Waals surface area (Å²) in [5, 5.41) is 16.3. The molecule has 1 aromatic heterocycles. The van der Waals surface area contributed by atoms with Gasteiger partial charge in [-0.3, -0.25) is 4.90 Å². The van der Waals surface area contributed by atoms with Crippen LogP contribution in [0.25, 0.3) is 10.8 Å². The van der Waals surface area contributed by atoms with Crippen LogP contribution in [0.5, 0.6) is 11.8 Å². The van der Waals surface area contributed by atoms with E-state index >= 15 is 0 Å².